The summed E-state index contributed by atoms with van der Waals surface area (Å²) in [5, 5.41) is 6.52. The molecule has 6 nitrogen and oxygen atoms in total. The number of rotatable bonds is 5. The van der Waals surface area contributed by atoms with Gasteiger partial charge in [-0.1, -0.05) is 22.9 Å². The lowest BCUT2D eigenvalue weighted by Gasteiger charge is -2.24. The molecule has 0 bridgehead atoms. The van der Waals surface area contributed by atoms with Crippen molar-refractivity contribution in [2.75, 3.05) is 11.6 Å². The zero-order chi connectivity index (χ0) is 18.3. The van der Waals surface area contributed by atoms with Crippen LogP contribution in [0.25, 0.3) is 11.1 Å². The first-order chi connectivity index (χ1) is 12.6. The van der Waals surface area contributed by atoms with Crippen molar-refractivity contribution in [2.45, 2.75) is 39.5 Å². The Morgan fingerprint density at radius 2 is 2.00 bits per heavy atom. The minimum atomic E-state index is -0.173. The van der Waals surface area contributed by atoms with Gasteiger partial charge in [0.05, 0.1) is 22.3 Å². The second kappa shape index (κ2) is 6.44. The number of aryl methyl sites for hydroxylation is 2. The van der Waals surface area contributed by atoms with E-state index in [0.29, 0.717) is 34.8 Å². The Kier molecular flexibility index (Phi) is 4.11. The molecule has 0 unspecified atom stereocenters. The molecule has 6 heteroatoms. The second-order valence-electron chi connectivity index (χ2n) is 6.84. The smallest absolute Gasteiger partial charge is 0.270 e. The molecule has 1 aliphatic rings. The van der Waals surface area contributed by atoms with Gasteiger partial charge in [-0.15, -0.1) is 0 Å². The summed E-state index contributed by atoms with van der Waals surface area (Å²) in [6.07, 6.45) is 2.22. The maximum absolute atomic E-state index is 13.1. The number of aromatic nitrogens is 2. The van der Waals surface area contributed by atoms with Crippen molar-refractivity contribution in [1.82, 2.24) is 15.6 Å². The summed E-state index contributed by atoms with van der Waals surface area (Å²) in [5.74, 6) is 0.253. The van der Waals surface area contributed by atoms with Crippen LogP contribution < -0.4 is 10.4 Å². The normalized spacial score (nSPS) is 13.8. The van der Waals surface area contributed by atoms with Crippen LogP contribution in [-0.4, -0.2) is 22.6 Å². The number of hydrazine groups is 1. The van der Waals surface area contributed by atoms with Crippen molar-refractivity contribution in [1.29, 1.82) is 0 Å². The van der Waals surface area contributed by atoms with E-state index in [-0.39, 0.29) is 5.91 Å². The van der Waals surface area contributed by atoms with E-state index in [9.17, 15) is 4.79 Å². The minimum Gasteiger partial charge on any atom is -0.336 e. The summed E-state index contributed by atoms with van der Waals surface area (Å²) in [7, 11) is 0. The lowest BCUT2D eigenvalue weighted by Crippen LogP contribution is -2.42. The highest BCUT2D eigenvalue weighted by molar-refractivity contribution is 6.06. The second-order valence-corrected chi connectivity index (χ2v) is 6.84. The molecule has 2 aromatic heterocycles. The highest BCUT2D eigenvalue weighted by Gasteiger charge is 2.29. The third kappa shape index (κ3) is 3.03. The van der Waals surface area contributed by atoms with Crippen LogP contribution in [0, 0.1) is 13.8 Å². The average molecular weight is 350 g/mol. The standard InChI is InChI=1S/C20H22N4O2/c1-4-24(15-9-5-12(2)6-10-15)22-19(25)16-11-17(14-7-8-14)21-20-18(16)13(3)23-26-20/h5-6,9-11,14H,4,7-8H2,1-3H3,(H,22,25). The van der Waals surface area contributed by atoms with Crippen molar-refractivity contribution >= 4 is 22.7 Å². The van der Waals surface area contributed by atoms with Crippen LogP contribution in [0.2, 0.25) is 0 Å². The van der Waals surface area contributed by atoms with Crippen LogP contribution in [0.3, 0.4) is 0 Å². The number of pyridine rings is 1. The van der Waals surface area contributed by atoms with Crippen molar-refractivity contribution in [2.24, 2.45) is 0 Å². The van der Waals surface area contributed by atoms with Crippen molar-refractivity contribution < 1.29 is 9.32 Å². The summed E-state index contributed by atoms with van der Waals surface area (Å²) in [6, 6.07) is 9.96. The largest absolute Gasteiger partial charge is 0.336 e. The number of hydrogen-bond acceptors (Lipinski definition) is 5. The molecule has 0 spiro atoms. The molecule has 0 radical (unpaired) electrons. The van der Waals surface area contributed by atoms with Crippen molar-refractivity contribution in [3.05, 3.63) is 52.8 Å². The Bertz CT molecular complexity index is 958. The van der Waals surface area contributed by atoms with Crippen molar-refractivity contribution in [3.63, 3.8) is 0 Å². The SMILES string of the molecule is CCN(NC(=O)c1cc(C2CC2)nc2onc(C)c12)c1ccc(C)cc1. The molecule has 0 atom stereocenters. The maximum atomic E-state index is 13.1. The summed E-state index contributed by atoms with van der Waals surface area (Å²) in [5.41, 5.74) is 7.74. The molecule has 0 saturated heterocycles. The molecule has 1 aromatic carbocycles. The molecule has 0 aliphatic heterocycles. The maximum Gasteiger partial charge on any atom is 0.270 e. The fourth-order valence-corrected chi connectivity index (χ4v) is 3.11. The van der Waals surface area contributed by atoms with Gasteiger partial charge in [-0.25, -0.2) is 4.98 Å². The highest BCUT2D eigenvalue weighted by atomic mass is 16.5. The molecule has 4 rings (SSSR count). The summed E-state index contributed by atoms with van der Waals surface area (Å²) >= 11 is 0. The van der Waals surface area contributed by atoms with Gasteiger partial charge in [0, 0.05) is 18.2 Å². The van der Waals surface area contributed by atoms with Gasteiger partial charge < -0.3 is 4.52 Å². The quantitative estimate of drug-likeness (QED) is 0.707. The van der Waals surface area contributed by atoms with Crippen LogP contribution in [0.4, 0.5) is 5.69 Å². The van der Waals surface area contributed by atoms with Gasteiger partial charge in [0.1, 0.15) is 0 Å². The Balaban J connectivity index is 1.68. The Morgan fingerprint density at radius 3 is 2.65 bits per heavy atom. The number of fused-ring (bicyclic) bond motifs is 1. The number of hydrogen-bond donors (Lipinski definition) is 1. The van der Waals surface area contributed by atoms with Gasteiger partial charge in [0.2, 0.25) is 0 Å². The van der Waals surface area contributed by atoms with Gasteiger partial charge in [0.25, 0.3) is 11.6 Å². The Morgan fingerprint density at radius 1 is 1.27 bits per heavy atom. The van der Waals surface area contributed by atoms with Crippen LogP contribution in [0.1, 0.15) is 53.0 Å². The summed E-state index contributed by atoms with van der Waals surface area (Å²) in [4.78, 5) is 17.6. The molecule has 1 amide bonds. The first-order valence-electron chi connectivity index (χ1n) is 8.99. The van der Waals surface area contributed by atoms with Crippen LogP contribution in [0.15, 0.2) is 34.9 Å². The first kappa shape index (κ1) is 16.6. The molecular formula is C20H22N4O2. The van der Waals surface area contributed by atoms with Gasteiger partial charge in [-0.3, -0.25) is 15.2 Å². The third-order valence-electron chi connectivity index (χ3n) is 4.78. The highest BCUT2D eigenvalue weighted by Crippen LogP contribution is 2.40. The Hall–Kier alpha value is -2.89. The molecule has 26 heavy (non-hydrogen) atoms. The van der Waals surface area contributed by atoms with Gasteiger partial charge in [0.15, 0.2) is 0 Å². The molecule has 1 fully saturated rings. The van der Waals surface area contributed by atoms with Crippen molar-refractivity contribution in [3.8, 4) is 0 Å². The molecule has 1 aliphatic carbocycles. The average Bonchev–Trinajstić information content (AvgIpc) is 3.43. The minimum absolute atomic E-state index is 0.173. The van der Waals surface area contributed by atoms with Crippen LogP contribution >= 0.6 is 0 Å². The van der Waals surface area contributed by atoms with E-state index in [4.69, 9.17) is 4.52 Å². The molecule has 3 aromatic rings. The number of nitrogens with one attached hydrogen (secondary N) is 1. The molecule has 134 valence electrons. The number of nitrogens with zero attached hydrogens (tertiary/aromatic N) is 3. The van der Waals surface area contributed by atoms with E-state index in [1.54, 1.807) is 0 Å². The molecular weight excluding hydrogens is 328 g/mol. The lowest BCUT2D eigenvalue weighted by molar-refractivity contribution is 0.0950. The van der Waals surface area contributed by atoms with E-state index >= 15 is 0 Å². The predicted octanol–water partition coefficient (Wildman–Crippen LogP) is 3.89. The monoisotopic (exact) mass is 350 g/mol. The number of anilines is 1. The zero-order valence-corrected chi connectivity index (χ0v) is 15.2. The number of benzene rings is 1. The molecule has 1 saturated carbocycles. The van der Waals surface area contributed by atoms with E-state index in [0.717, 1.165) is 24.2 Å². The van der Waals surface area contributed by atoms with Crippen LogP contribution in [-0.2, 0) is 0 Å². The zero-order valence-electron chi connectivity index (χ0n) is 15.2. The van der Waals surface area contributed by atoms with Gasteiger partial charge in [-0.2, -0.15) is 0 Å². The van der Waals surface area contributed by atoms with Gasteiger partial charge in [-0.05, 0) is 51.8 Å². The van der Waals surface area contributed by atoms with Crippen LogP contribution in [0.5, 0.6) is 0 Å². The third-order valence-corrected chi connectivity index (χ3v) is 4.78. The molecule has 2 heterocycles. The predicted molar refractivity (Wildman–Crippen MR) is 100 cm³/mol. The fraction of sp³-hybridized carbons (Fsp3) is 0.350. The van der Waals surface area contributed by atoms with E-state index in [2.05, 4.69) is 15.6 Å². The van der Waals surface area contributed by atoms with E-state index in [1.807, 2.05) is 56.1 Å². The van der Waals surface area contributed by atoms with Gasteiger partial charge >= 0.3 is 0 Å². The first-order valence-corrected chi connectivity index (χ1v) is 8.99. The number of carbonyl (C=O) groups excluding carboxylic acids is 1. The molecule has 1 N–H and O–H groups in total. The summed E-state index contributed by atoms with van der Waals surface area (Å²) in [6.45, 7) is 6.53. The topological polar surface area (TPSA) is 71.3 Å². The fourth-order valence-electron chi connectivity index (χ4n) is 3.11. The summed E-state index contributed by atoms with van der Waals surface area (Å²) < 4.78 is 5.33. The number of amides is 1. The van der Waals surface area contributed by atoms with E-state index in [1.165, 1.54) is 5.56 Å². The Labute approximate surface area is 152 Å². The number of carbonyl (C=O) groups is 1. The lowest BCUT2D eigenvalue weighted by atomic mass is 10.1. The van der Waals surface area contributed by atoms with E-state index < -0.39 is 0 Å².